The van der Waals surface area contributed by atoms with E-state index in [9.17, 15) is 4.79 Å². The van der Waals surface area contributed by atoms with Crippen LogP contribution in [0.5, 0.6) is 0 Å². The van der Waals surface area contributed by atoms with Gasteiger partial charge >= 0.3 is 0 Å². The first kappa shape index (κ1) is 11.4. The second-order valence-electron chi connectivity index (χ2n) is 4.52. The molecule has 0 saturated heterocycles. The number of benzene rings is 1. The molecular weight excluding hydrogens is 246 g/mol. The van der Waals surface area contributed by atoms with Gasteiger partial charge in [-0.25, -0.2) is 0 Å². The smallest absolute Gasteiger partial charge is 0.172 e. The molecule has 1 aromatic heterocycles. The molecule has 3 rings (SSSR count). The fraction of sp³-hybridized carbons (Fsp3) is 0.200. The van der Waals surface area contributed by atoms with Crippen molar-refractivity contribution in [3.8, 4) is 0 Å². The number of aromatic nitrogens is 1. The zero-order valence-corrected chi connectivity index (χ0v) is 10.5. The zero-order valence-electron chi connectivity index (χ0n) is 9.77. The van der Waals surface area contributed by atoms with Crippen LogP contribution in [0.15, 0.2) is 42.7 Å². The number of pyridine rings is 1. The summed E-state index contributed by atoms with van der Waals surface area (Å²) in [6.07, 6.45) is 5.21. The van der Waals surface area contributed by atoms with Crippen molar-refractivity contribution in [3.63, 3.8) is 0 Å². The highest BCUT2D eigenvalue weighted by Gasteiger charge is 2.30. The summed E-state index contributed by atoms with van der Waals surface area (Å²) >= 11 is 6.15. The van der Waals surface area contributed by atoms with Gasteiger partial charge in [-0.3, -0.25) is 9.78 Å². The van der Waals surface area contributed by atoms with E-state index in [0.717, 1.165) is 24.0 Å². The number of hydrogen-bond acceptors (Lipinski definition) is 2. The van der Waals surface area contributed by atoms with E-state index in [4.69, 9.17) is 11.6 Å². The van der Waals surface area contributed by atoms with E-state index >= 15 is 0 Å². The molecule has 18 heavy (non-hydrogen) atoms. The molecule has 0 fully saturated rings. The average Bonchev–Trinajstić information content (AvgIpc) is 2.40. The van der Waals surface area contributed by atoms with Crippen LogP contribution >= 0.6 is 11.6 Å². The molecule has 0 bridgehead atoms. The van der Waals surface area contributed by atoms with E-state index in [1.54, 1.807) is 18.5 Å². The van der Waals surface area contributed by atoms with Crippen molar-refractivity contribution in [2.24, 2.45) is 0 Å². The van der Waals surface area contributed by atoms with Crippen LogP contribution in [0.2, 0.25) is 5.02 Å². The number of ketones is 1. The van der Waals surface area contributed by atoms with Gasteiger partial charge in [0.1, 0.15) is 0 Å². The van der Waals surface area contributed by atoms with Crippen molar-refractivity contribution in [2.45, 2.75) is 18.8 Å². The number of halogens is 1. The van der Waals surface area contributed by atoms with Crippen LogP contribution in [-0.2, 0) is 6.42 Å². The molecule has 0 saturated carbocycles. The van der Waals surface area contributed by atoms with E-state index in [1.165, 1.54) is 0 Å². The van der Waals surface area contributed by atoms with Gasteiger partial charge in [0.2, 0.25) is 0 Å². The maximum atomic E-state index is 12.5. The van der Waals surface area contributed by atoms with Crippen LogP contribution in [0.3, 0.4) is 0 Å². The summed E-state index contributed by atoms with van der Waals surface area (Å²) in [7, 11) is 0. The lowest BCUT2D eigenvalue weighted by Crippen LogP contribution is -2.21. The maximum Gasteiger partial charge on any atom is 0.172 e. The Hall–Kier alpha value is -1.67. The summed E-state index contributed by atoms with van der Waals surface area (Å²) in [5.74, 6) is 0.0148. The minimum absolute atomic E-state index is 0.105. The first-order valence-electron chi connectivity index (χ1n) is 5.99. The fourth-order valence-corrected chi connectivity index (χ4v) is 2.85. The number of hydrogen-bond donors (Lipinski definition) is 0. The third-order valence-electron chi connectivity index (χ3n) is 3.45. The van der Waals surface area contributed by atoms with E-state index in [1.807, 2.05) is 24.3 Å². The minimum atomic E-state index is -0.105. The number of rotatable bonds is 1. The summed E-state index contributed by atoms with van der Waals surface area (Å²) in [5, 5.41) is 0.561. The molecule has 0 radical (unpaired) electrons. The van der Waals surface area contributed by atoms with E-state index in [-0.39, 0.29) is 11.7 Å². The highest BCUT2D eigenvalue weighted by molar-refractivity contribution is 6.34. The first-order chi connectivity index (χ1) is 8.77. The van der Waals surface area contributed by atoms with Crippen LogP contribution in [0.25, 0.3) is 0 Å². The molecule has 2 nitrogen and oxygen atoms in total. The third kappa shape index (κ3) is 1.83. The Morgan fingerprint density at radius 3 is 2.89 bits per heavy atom. The second kappa shape index (κ2) is 4.54. The van der Waals surface area contributed by atoms with Crippen LogP contribution in [-0.4, -0.2) is 10.8 Å². The number of Topliss-reactive ketones (excluding diaryl/α,β-unsaturated/α-hetero) is 1. The van der Waals surface area contributed by atoms with Gasteiger partial charge in [0.15, 0.2) is 5.78 Å². The lowest BCUT2D eigenvalue weighted by molar-refractivity contribution is 0.0946. The van der Waals surface area contributed by atoms with Crippen LogP contribution in [0.4, 0.5) is 0 Å². The van der Waals surface area contributed by atoms with Gasteiger partial charge in [0.05, 0.1) is 5.02 Å². The molecule has 2 aromatic rings. The van der Waals surface area contributed by atoms with Crippen LogP contribution in [0, 0.1) is 0 Å². The molecule has 0 N–H and O–H groups in total. The largest absolute Gasteiger partial charge is 0.293 e. The molecule has 1 heterocycles. The Balaban J connectivity index is 2.05. The summed E-state index contributed by atoms with van der Waals surface area (Å²) in [4.78, 5) is 16.6. The third-order valence-corrected chi connectivity index (χ3v) is 3.77. The summed E-state index contributed by atoms with van der Waals surface area (Å²) in [5.41, 5.74) is 2.74. The Morgan fingerprint density at radius 1 is 1.22 bits per heavy atom. The predicted molar refractivity (Wildman–Crippen MR) is 71.1 cm³/mol. The van der Waals surface area contributed by atoms with Gasteiger partial charge in [-0.15, -0.1) is 0 Å². The van der Waals surface area contributed by atoms with Gasteiger partial charge in [-0.1, -0.05) is 29.8 Å². The fourth-order valence-electron chi connectivity index (χ4n) is 2.56. The molecular formula is C15H12ClNO. The Morgan fingerprint density at radius 2 is 2.11 bits per heavy atom. The predicted octanol–water partition coefficient (Wildman–Crippen LogP) is 3.65. The lowest BCUT2D eigenvalue weighted by atomic mass is 9.79. The van der Waals surface area contributed by atoms with Crippen molar-refractivity contribution >= 4 is 17.4 Å². The van der Waals surface area contributed by atoms with E-state index in [0.29, 0.717) is 10.6 Å². The van der Waals surface area contributed by atoms with Gasteiger partial charge < -0.3 is 0 Å². The number of carbonyl (C=O) groups excluding carboxylic acids is 1. The molecule has 0 unspecified atom stereocenters. The number of aryl methyl sites for hydroxylation is 1. The van der Waals surface area contributed by atoms with Crippen molar-refractivity contribution in [2.75, 3.05) is 0 Å². The van der Waals surface area contributed by atoms with Crippen molar-refractivity contribution in [3.05, 3.63) is 64.4 Å². The van der Waals surface area contributed by atoms with Gasteiger partial charge in [0, 0.05) is 23.9 Å². The Kier molecular flexibility index (Phi) is 2.88. The van der Waals surface area contributed by atoms with Crippen LogP contribution in [0.1, 0.15) is 33.8 Å². The van der Waals surface area contributed by atoms with Crippen LogP contribution < -0.4 is 0 Å². The molecule has 3 heteroatoms. The highest BCUT2D eigenvalue weighted by atomic mass is 35.5. The SMILES string of the molecule is O=C1c2c(Cl)cccc2CC[C@@H]1c1cccnc1. The van der Waals surface area contributed by atoms with Gasteiger partial charge in [0.25, 0.3) is 0 Å². The minimum Gasteiger partial charge on any atom is -0.293 e. The lowest BCUT2D eigenvalue weighted by Gasteiger charge is -2.24. The molecule has 0 amide bonds. The standard InChI is InChI=1S/C15H12ClNO/c16-13-5-1-3-10-6-7-12(15(18)14(10)13)11-4-2-8-17-9-11/h1-5,8-9,12H,6-7H2/t12-/m1/s1. The number of fused-ring (bicyclic) bond motifs is 1. The molecule has 1 aliphatic carbocycles. The molecule has 0 spiro atoms. The Labute approximate surface area is 111 Å². The summed E-state index contributed by atoms with van der Waals surface area (Å²) in [6.45, 7) is 0. The van der Waals surface area contributed by atoms with Crippen molar-refractivity contribution in [1.29, 1.82) is 0 Å². The Bertz CT molecular complexity index is 595. The number of carbonyl (C=O) groups is 1. The normalized spacial score (nSPS) is 18.5. The molecule has 1 atom stereocenters. The summed E-state index contributed by atoms with van der Waals surface area (Å²) in [6, 6.07) is 9.49. The maximum absolute atomic E-state index is 12.5. The molecule has 1 aromatic carbocycles. The number of nitrogens with zero attached hydrogens (tertiary/aromatic N) is 1. The van der Waals surface area contributed by atoms with E-state index in [2.05, 4.69) is 4.98 Å². The monoisotopic (exact) mass is 257 g/mol. The van der Waals surface area contributed by atoms with Gasteiger partial charge in [-0.2, -0.15) is 0 Å². The van der Waals surface area contributed by atoms with E-state index < -0.39 is 0 Å². The molecule has 1 aliphatic rings. The molecule has 0 aliphatic heterocycles. The van der Waals surface area contributed by atoms with Crippen molar-refractivity contribution in [1.82, 2.24) is 4.98 Å². The average molecular weight is 258 g/mol. The molecule has 90 valence electrons. The topological polar surface area (TPSA) is 30.0 Å². The second-order valence-corrected chi connectivity index (χ2v) is 4.92. The first-order valence-corrected chi connectivity index (χ1v) is 6.36. The zero-order chi connectivity index (χ0) is 12.5. The quantitative estimate of drug-likeness (QED) is 0.781. The highest BCUT2D eigenvalue weighted by Crippen LogP contribution is 2.35. The summed E-state index contributed by atoms with van der Waals surface area (Å²) < 4.78 is 0. The van der Waals surface area contributed by atoms with Crippen molar-refractivity contribution < 1.29 is 4.79 Å². The van der Waals surface area contributed by atoms with Gasteiger partial charge in [-0.05, 0) is 36.1 Å².